The summed E-state index contributed by atoms with van der Waals surface area (Å²) >= 11 is 0. The normalized spacial score (nSPS) is 18.3. The fraction of sp³-hybridized carbons (Fsp3) is 0.500. The van der Waals surface area contributed by atoms with Crippen molar-refractivity contribution >= 4 is 11.7 Å². The molecule has 0 aromatic carbocycles. The second-order valence-electron chi connectivity index (χ2n) is 7.84. The molecule has 2 aliphatic rings. The lowest BCUT2D eigenvalue weighted by Gasteiger charge is -2.41. The number of amides is 1. The minimum absolute atomic E-state index is 0.134. The maximum Gasteiger partial charge on any atom is 0.254 e. The molecule has 30 heavy (non-hydrogen) atoms. The number of nitrogens with one attached hydrogen (secondary N) is 1. The van der Waals surface area contributed by atoms with Crippen LogP contribution >= 0.6 is 0 Å². The number of rotatable bonds is 5. The summed E-state index contributed by atoms with van der Waals surface area (Å²) in [4.78, 5) is 23.8. The van der Waals surface area contributed by atoms with Crippen molar-refractivity contribution in [2.75, 3.05) is 11.9 Å². The van der Waals surface area contributed by atoms with Crippen molar-refractivity contribution in [1.29, 1.82) is 0 Å². The molecule has 3 aromatic heterocycles. The fourth-order valence-electron chi connectivity index (χ4n) is 4.60. The molecule has 0 radical (unpaired) electrons. The Morgan fingerprint density at radius 2 is 2.10 bits per heavy atom. The van der Waals surface area contributed by atoms with Crippen molar-refractivity contribution in [3.63, 3.8) is 0 Å². The van der Waals surface area contributed by atoms with Gasteiger partial charge in [-0.2, -0.15) is 10.1 Å². The van der Waals surface area contributed by atoms with Crippen LogP contribution in [0.4, 0.5) is 5.82 Å². The monoisotopic (exact) mass is 407 g/mol. The van der Waals surface area contributed by atoms with Gasteiger partial charge in [-0.05, 0) is 19.3 Å². The highest BCUT2D eigenvalue weighted by molar-refractivity contribution is 5.93. The molecular weight excluding hydrogens is 382 g/mol. The summed E-state index contributed by atoms with van der Waals surface area (Å²) in [5.74, 6) is 2.09. The van der Waals surface area contributed by atoms with Crippen LogP contribution in [0.2, 0.25) is 0 Å². The molecule has 1 amide bonds. The topological polar surface area (TPSA) is 107 Å². The first-order valence-corrected chi connectivity index (χ1v) is 10.5. The van der Waals surface area contributed by atoms with Gasteiger partial charge in [0.15, 0.2) is 11.6 Å². The van der Waals surface area contributed by atoms with Crippen molar-refractivity contribution in [3.05, 3.63) is 36.3 Å². The van der Waals surface area contributed by atoms with Gasteiger partial charge in [-0.3, -0.25) is 9.36 Å². The Hall–Kier alpha value is -3.30. The third-order valence-electron chi connectivity index (χ3n) is 6.01. The van der Waals surface area contributed by atoms with E-state index in [9.17, 15) is 4.79 Å². The SMILES string of the molecule is CCC[C@@H]1c2nncn2-c2cnc(-n3cc(C(=O)NC)cn3)nc2N1C1CCCC1. The van der Waals surface area contributed by atoms with Crippen LogP contribution in [0.25, 0.3) is 11.6 Å². The van der Waals surface area contributed by atoms with E-state index in [4.69, 9.17) is 4.98 Å². The number of carbonyl (C=O) groups excluding carboxylic acids is 1. The molecule has 1 fully saturated rings. The van der Waals surface area contributed by atoms with Gasteiger partial charge in [0.25, 0.3) is 11.9 Å². The summed E-state index contributed by atoms with van der Waals surface area (Å²) in [5.41, 5.74) is 1.35. The quantitative estimate of drug-likeness (QED) is 0.691. The van der Waals surface area contributed by atoms with Crippen LogP contribution in [0.1, 0.15) is 67.7 Å². The molecule has 1 aliphatic carbocycles. The minimum Gasteiger partial charge on any atom is -0.355 e. The van der Waals surface area contributed by atoms with E-state index in [1.54, 1.807) is 30.5 Å². The van der Waals surface area contributed by atoms with Gasteiger partial charge in [0, 0.05) is 19.3 Å². The summed E-state index contributed by atoms with van der Waals surface area (Å²) < 4.78 is 3.55. The van der Waals surface area contributed by atoms with E-state index in [-0.39, 0.29) is 11.9 Å². The summed E-state index contributed by atoms with van der Waals surface area (Å²) in [6.45, 7) is 2.19. The number of aromatic nitrogens is 7. The van der Waals surface area contributed by atoms with Gasteiger partial charge in [0.1, 0.15) is 12.0 Å². The van der Waals surface area contributed by atoms with E-state index in [1.807, 2.05) is 4.57 Å². The van der Waals surface area contributed by atoms with E-state index < -0.39 is 0 Å². The lowest BCUT2D eigenvalue weighted by atomic mass is 10.0. The number of hydrogen-bond acceptors (Lipinski definition) is 7. The molecule has 3 aromatic rings. The molecule has 0 saturated heterocycles. The third kappa shape index (κ3) is 2.94. The Morgan fingerprint density at radius 1 is 1.27 bits per heavy atom. The maximum absolute atomic E-state index is 11.9. The first-order valence-electron chi connectivity index (χ1n) is 10.5. The number of anilines is 1. The highest BCUT2D eigenvalue weighted by atomic mass is 16.1. The molecule has 10 nitrogen and oxygen atoms in total. The van der Waals surface area contributed by atoms with Crippen LogP contribution < -0.4 is 10.2 Å². The van der Waals surface area contributed by atoms with Gasteiger partial charge in [0.2, 0.25) is 0 Å². The first kappa shape index (κ1) is 18.7. The average Bonchev–Trinajstić information content (AvgIpc) is 3.54. The number of carbonyl (C=O) groups is 1. The molecule has 1 saturated carbocycles. The van der Waals surface area contributed by atoms with Gasteiger partial charge >= 0.3 is 0 Å². The molecule has 1 aliphatic heterocycles. The molecule has 0 spiro atoms. The molecule has 0 bridgehead atoms. The summed E-state index contributed by atoms with van der Waals surface area (Å²) in [5, 5.41) is 15.5. The van der Waals surface area contributed by atoms with E-state index in [1.165, 1.54) is 19.0 Å². The van der Waals surface area contributed by atoms with Gasteiger partial charge in [-0.15, -0.1) is 10.2 Å². The summed E-state index contributed by atoms with van der Waals surface area (Å²) in [6, 6.07) is 0.558. The van der Waals surface area contributed by atoms with Crippen LogP contribution in [0, 0.1) is 0 Å². The van der Waals surface area contributed by atoms with Crippen LogP contribution in [-0.2, 0) is 0 Å². The number of fused-ring (bicyclic) bond motifs is 3. The van der Waals surface area contributed by atoms with E-state index in [0.29, 0.717) is 17.6 Å². The van der Waals surface area contributed by atoms with Gasteiger partial charge in [0.05, 0.1) is 24.0 Å². The van der Waals surface area contributed by atoms with E-state index >= 15 is 0 Å². The smallest absolute Gasteiger partial charge is 0.254 e. The lowest BCUT2D eigenvalue weighted by Crippen LogP contribution is -2.42. The standard InChI is InChI=1S/C20H25N9O/c1-3-6-15-18-26-23-12-27(18)16-10-22-20(28-11-13(9-24-28)19(30)21-2)25-17(16)29(15)14-7-4-5-8-14/h9-12,14-15H,3-8H2,1-2H3,(H,21,30)/t15-/m1/s1. The minimum atomic E-state index is -0.191. The predicted molar refractivity (Wildman–Crippen MR) is 110 cm³/mol. The zero-order chi connectivity index (χ0) is 20.7. The Bertz CT molecular complexity index is 1070. The number of nitrogens with zero attached hydrogens (tertiary/aromatic N) is 8. The zero-order valence-corrected chi connectivity index (χ0v) is 17.2. The summed E-state index contributed by atoms with van der Waals surface area (Å²) in [7, 11) is 1.60. The van der Waals surface area contributed by atoms with Crippen molar-refractivity contribution in [2.45, 2.75) is 57.5 Å². The largest absolute Gasteiger partial charge is 0.355 e. The van der Waals surface area contributed by atoms with Crippen molar-refractivity contribution < 1.29 is 4.79 Å². The summed E-state index contributed by atoms with van der Waals surface area (Å²) in [6.07, 6.45) is 13.5. The predicted octanol–water partition coefficient (Wildman–Crippen LogP) is 2.21. The molecule has 1 atom stereocenters. The van der Waals surface area contributed by atoms with Crippen molar-refractivity contribution in [3.8, 4) is 11.6 Å². The van der Waals surface area contributed by atoms with Gasteiger partial charge < -0.3 is 10.2 Å². The Kier molecular flexibility index (Phi) is 4.68. The number of hydrogen-bond donors (Lipinski definition) is 1. The fourth-order valence-corrected chi connectivity index (χ4v) is 4.60. The third-order valence-corrected chi connectivity index (χ3v) is 6.01. The molecule has 0 unspecified atom stereocenters. The highest BCUT2D eigenvalue weighted by Gasteiger charge is 2.39. The highest BCUT2D eigenvalue weighted by Crippen LogP contribution is 2.42. The Balaban J connectivity index is 1.62. The van der Waals surface area contributed by atoms with Gasteiger partial charge in [-0.1, -0.05) is 26.2 Å². The van der Waals surface area contributed by atoms with Crippen LogP contribution in [0.15, 0.2) is 24.9 Å². The van der Waals surface area contributed by atoms with Crippen LogP contribution in [0.3, 0.4) is 0 Å². The molecule has 10 heteroatoms. The molecular formula is C20H25N9O. The van der Waals surface area contributed by atoms with E-state index in [2.05, 4.69) is 37.4 Å². The second-order valence-corrected chi connectivity index (χ2v) is 7.84. The average molecular weight is 407 g/mol. The lowest BCUT2D eigenvalue weighted by molar-refractivity contribution is 0.0963. The molecule has 1 N–H and O–H groups in total. The molecule has 156 valence electrons. The molecule has 5 rings (SSSR count). The molecule has 4 heterocycles. The van der Waals surface area contributed by atoms with Crippen LogP contribution in [-0.4, -0.2) is 53.5 Å². The Labute approximate surface area is 174 Å². The second kappa shape index (κ2) is 7.51. The first-order chi connectivity index (χ1) is 14.7. The van der Waals surface area contributed by atoms with Crippen LogP contribution in [0.5, 0.6) is 0 Å². The van der Waals surface area contributed by atoms with Crippen molar-refractivity contribution in [1.82, 2.24) is 39.8 Å². The van der Waals surface area contributed by atoms with Gasteiger partial charge in [-0.25, -0.2) is 9.67 Å². The van der Waals surface area contributed by atoms with Crippen molar-refractivity contribution in [2.24, 2.45) is 0 Å². The zero-order valence-electron chi connectivity index (χ0n) is 17.2. The maximum atomic E-state index is 11.9. The Morgan fingerprint density at radius 3 is 2.87 bits per heavy atom. The van der Waals surface area contributed by atoms with E-state index in [0.717, 1.165) is 43.0 Å².